The molecule has 7 heteroatoms. The van der Waals surface area contributed by atoms with Crippen molar-refractivity contribution >= 4 is 33.1 Å². The topological polar surface area (TPSA) is 77.2 Å². The second-order valence-electron chi connectivity index (χ2n) is 5.94. The second kappa shape index (κ2) is 7.20. The zero-order valence-electron chi connectivity index (χ0n) is 14.9. The molecule has 4 aromatic rings. The summed E-state index contributed by atoms with van der Waals surface area (Å²) >= 11 is 1.30. The van der Waals surface area contributed by atoms with Gasteiger partial charge in [0.05, 0.1) is 12.7 Å². The van der Waals surface area contributed by atoms with E-state index in [0.29, 0.717) is 27.0 Å². The van der Waals surface area contributed by atoms with Gasteiger partial charge in [-0.1, -0.05) is 30.4 Å². The fourth-order valence-electron chi connectivity index (χ4n) is 2.71. The van der Waals surface area contributed by atoms with E-state index in [2.05, 4.69) is 34.6 Å². The summed E-state index contributed by atoms with van der Waals surface area (Å²) in [5, 5.41) is 13.4. The number of aryl methyl sites for hydroxylation is 1. The number of anilines is 2. The predicted octanol–water partition coefficient (Wildman–Crippen LogP) is 4.63. The number of benzene rings is 2. The van der Waals surface area contributed by atoms with E-state index in [-0.39, 0.29) is 0 Å². The largest absolute Gasteiger partial charge is 0.497 e. The summed E-state index contributed by atoms with van der Waals surface area (Å²) in [4.78, 5) is 12.3. The van der Waals surface area contributed by atoms with Gasteiger partial charge in [0.25, 0.3) is 0 Å². The molecule has 0 saturated carbocycles. The van der Waals surface area contributed by atoms with Crippen molar-refractivity contribution in [1.29, 1.82) is 0 Å². The van der Waals surface area contributed by atoms with Crippen molar-refractivity contribution in [3.8, 4) is 16.3 Å². The standard InChI is InChI=1S/C20H17N3O3S/c1-3-12-4-6-14(7-5-12)21-20-23-22-18(27-20)16-11-13-10-15(25-2)8-9-17(13)26-19(16)24/h4-11H,3H2,1-2H3,(H,21,23). The number of nitrogens with zero attached hydrogens (tertiary/aromatic N) is 2. The third-order valence-corrected chi connectivity index (χ3v) is 5.08. The van der Waals surface area contributed by atoms with E-state index in [1.54, 1.807) is 25.3 Å². The van der Waals surface area contributed by atoms with Crippen LogP contribution < -0.4 is 15.7 Å². The molecule has 6 nitrogen and oxygen atoms in total. The van der Waals surface area contributed by atoms with Crippen molar-refractivity contribution < 1.29 is 9.15 Å². The molecule has 27 heavy (non-hydrogen) atoms. The summed E-state index contributed by atoms with van der Waals surface area (Å²) in [6, 6.07) is 15.2. The summed E-state index contributed by atoms with van der Waals surface area (Å²) in [5.41, 5.74) is 2.63. The Morgan fingerprint density at radius 2 is 1.93 bits per heavy atom. The predicted molar refractivity (Wildman–Crippen MR) is 107 cm³/mol. The molecule has 0 spiro atoms. The molecule has 0 unspecified atom stereocenters. The highest BCUT2D eigenvalue weighted by atomic mass is 32.1. The lowest BCUT2D eigenvalue weighted by Gasteiger charge is -2.03. The van der Waals surface area contributed by atoms with Gasteiger partial charge in [-0.3, -0.25) is 0 Å². The monoisotopic (exact) mass is 379 g/mol. The van der Waals surface area contributed by atoms with Crippen LogP contribution in [0.2, 0.25) is 0 Å². The maximum absolute atomic E-state index is 12.3. The van der Waals surface area contributed by atoms with E-state index in [1.165, 1.54) is 16.9 Å². The molecule has 136 valence electrons. The molecule has 2 heterocycles. The first kappa shape index (κ1) is 17.2. The van der Waals surface area contributed by atoms with E-state index < -0.39 is 5.63 Å². The molecule has 1 N–H and O–H groups in total. The van der Waals surface area contributed by atoms with Gasteiger partial charge in [-0.05, 0) is 48.4 Å². The minimum absolute atomic E-state index is 0.377. The summed E-state index contributed by atoms with van der Waals surface area (Å²) in [6.45, 7) is 2.12. The highest BCUT2D eigenvalue weighted by molar-refractivity contribution is 7.18. The van der Waals surface area contributed by atoms with Gasteiger partial charge in [-0.2, -0.15) is 0 Å². The van der Waals surface area contributed by atoms with Crippen LogP contribution >= 0.6 is 11.3 Å². The molecule has 0 bridgehead atoms. The first-order chi connectivity index (χ1) is 13.2. The summed E-state index contributed by atoms with van der Waals surface area (Å²) in [7, 11) is 1.59. The van der Waals surface area contributed by atoms with E-state index in [0.717, 1.165) is 17.5 Å². The number of aromatic nitrogens is 2. The van der Waals surface area contributed by atoms with Gasteiger partial charge in [0, 0.05) is 11.1 Å². The summed E-state index contributed by atoms with van der Waals surface area (Å²) in [5.74, 6) is 0.692. The van der Waals surface area contributed by atoms with Crippen LogP contribution in [0.3, 0.4) is 0 Å². The van der Waals surface area contributed by atoms with Crippen molar-refractivity contribution in [3.63, 3.8) is 0 Å². The van der Waals surface area contributed by atoms with Crippen LogP contribution in [0.4, 0.5) is 10.8 Å². The van der Waals surface area contributed by atoms with E-state index in [9.17, 15) is 4.79 Å². The van der Waals surface area contributed by atoms with Crippen LogP contribution in [-0.4, -0.2) is 17.3 Å². The Hall–Kier alpha value is -3.19. The zero-order chi connectivity index (χ0) is 18.8. The first-order valence-corrected chi connectivity index (χ1v) is 9.29. The number of rotatable bonds is 5. The number of hydrogen-bond donors (Lipinski definition) is 1. The average molecular weight is 379 g/mol. The van der Waals surface area contributed by atoms with Crippen LogP contribution in [0.5, 0.6) is 5.75 Å². The molecule has 0 aliphatic carbocycles. The lowest BCUT2D eigenvalue weighted by Crippen LogP contribution is -2.02. The van der Waals surface area contributed by atoms with Gasteiger partial charge < -0.3 is 14.5 Å². The molecule has 0 aliphatic heterocycles. The maximum atomic E-state index is 12.3. The Kier molecular flexibility index (Phi) is 4.60. The molecular weight excluding hydrogens is 362 g/mol. The number of hydrogen-bond acceptors (Lipinski definition) is 7. The Bertz CT molecular complexity index is 1150. The second-order valence-corrected chi connectivity index (χ2v) is 6.92. The average Bonchev–Trinajstić information content (AvgIpc) is 3.16. The van der Waals surface area contributed by atoms with Gasteiger partial charge in [0.1, 0.15) is 11.3 Å². The highest BCUT2D eigenvalue weighted by Gasteiger charge is 2.14. The third kappa shape index (κ3) is 3.54. The first-order valence-electron chi connectivity index (χ1n) is 8.48. The molecule has 4 rings (SSSR count). The summed E-state index contributed by atoms with van der Waals surface area (Å²) in [6.07, 6.45) is 0.992. The number of methoxy groups -OCH3 is 1. The Balaban J connectivity index is 1.65. The highest BCUT2D eigenvalue weighted by Crippen LogP contribution is 2.29. The molecular formula is C20H17N3O3S. The minimum atomic E-state index is -0.442. The summed E-state index contributed by atoms with van der Waals surface area (Å²) < 4.78 is 10.6. The van der Waals surface area contributed by atoms with E-state index >= 15 is 0 Å². The maximum Gasteiger partial charge on any atom is 0.346 e. The Morgan fingerprint density at radius 1 is 1.11 bits per heavy atom. The van der Waals surface area contributed by atoms with Crippen molar-refractivity contribution in [2.75, 3.05) is 12.4 Å². The molecule has 2 aromatic heterocycles. The lowest BCUT2D eigenvalue weighted by molar-refractivity contribution is 0.415. The van der Waals surface area contributed by atoms with Crippen LogP contribution in [0.1, 0.15) is 12.5 Å². The number of nitrogens with one attached hydrogen (secondary N) is 1. The van der Waals surface area contributed by atoms with Crippen LogP contribution in [0, 0.1) is 0 Å². The molecule has 0 radical (unpaired) electrons. The Labute approximate surface area is 159 Å². The van der Waals surface area contributed by atoms with Crippen molar-refractivity contribution in [2.45, 2.75) is 13.3 Å². The van der Waals surface area contributed by atoms with Crippen molar-refractivity contribution in [2.24, 2.45) is 0 Å². The van der Waals surface area contributed by atoms with Crippen molar-refractivity contribution in [3.05, 3.63) is 64.5 Å². The lowest BCUT2D eigenvalue weighted by atomic mass is 10.1. The number of fused-ring (bicyclic) bond motifs is 1. The molecule has 0 fully saturated rings. The van der Waals surface area contributed by atoms with E-state index in [4.69, 9.17) is 9.15 Å². The van der Waals surface area contributed by atoms with Gasteiger partial charge in [-0.25, -0.2) is 4.79 Å². The van der Waals surface area contributed by atoms with Crippen LogP contribution in [-0.2, 0) is 6.42 Å². The molecule has 0 amide bonds. The van der Waals surface area contributed by atoms with Gasteiger partial charge in [-0.15, -0.1) is 10.2 Å². The molecule has 0 atom stereocenters. The number of ether oxygens (including phenoxy) is 1. The fourth-order valence-corrected chi connectivity index (χ4v) is 3.47. The Morgan fingerprint density at radius 3 is 2.67 bits per heavy atom. The zero-order valence-corrected chi connectivity index (χ0v) is 15.7. The van der Waals surface area contributed by atoms with Gasteiger partial charge >= 0.3 is 5.63 Å². The van der Waals surface area contributed by atoms with Gasteiger partial charge in [0.15, 0.2) is 5.01 Å². The van der Waals surface area contributed by atoms with E-state index in [1.807, 2.05) is 18.2 Å². The SMILES string of the molecule is CCc1ccc(Nc2nnc(-c3cc4cc(OC)ccc4oc3=O)s2)cc1. The molecule has 0 aliphatic rings. The minimum Gasteiger partial charge on any atom is -0.497 e. The molecule has 0 saturated heterocycles. The molecule has 2 aromatic carbocycles. The normalized spacial score (nSPS) is 10.9. The van der Waals surface area contributed by atoms with Crippen LogP contribution in [0.15, 0.2) is 57.7 Å². The third-order valence-electron chi connectivity index (χ3n) is 4.21. The van der Waals surface area contributed by atoms with Crippen molar-refractivity contribution in [1.82, 2.24) is 10.2 Å². The fraction of sp³-hybridized carbons (Fsp3) is 0.150. The van der Waals surface area contributed by atoms with Crippen LogP contribution in [0.25, 0.3) is 21.5 Å². The quantitative estimate of drug-likeness (QED) is 0.510. The van der Waals surface area contributed by atoms with Gasteiger partial charge in [0.2, 0.25) is 5.13 Å². The smallest absolute Gasteiger partial charge is 0.346 e.